The van der Waals surface area contributed by atoms with Crippen molar-refractivity contribution in [3.05, 3.63) is 342 Å². The van der Waals surface area contributed by atoms with Crippen molar-refractivity contribution in [3.63, 3.8) is 0 Å². The number of nitrogens with zero attached hydrogens (tertiary/aromatic N) is 4. The standard InChI is InChI=1S/C26H21NO2.C25H19NO2.C24H17NO2.C23H15NO2/c1-2-24(28)29-17-7-16-27-22-14-12-18-8-3-5-10-20(18)25(22)26-21-11-6-4-9-19(21)13-15-23(26)27;1-2-23(27)28-16-15-26-21-13-11-17-7-3-5-9-19(17)24(21)25-20-10-6-4-8-18(20)12-14-22(25)26;1-2-22(26)27-15-25-20-13-11-16-7-3-5-9-18(16)23(20)24-19-10-6-4-8-17(19)12-14-21(24)25;1-2-21(25)26-24-19-13-11-15-7-3-5-9-17(15)22(19)23-18-10-6-4-8-16(18)12-14-20(23)24/h2-6,8-15H,1,7,16-17H2;2-14H,1,15-16H2;2-14H,1,15H2;2-14H,1H2. The summed E-state index contributed by atoms with van der Waals surface area (Å²) in [5.41, 5.74) is 8.57. The highest BCUT2D eigenvalue weighted by atomic mass is 16.7. The molecule has 12 heteroatoms. The van der Waals surface area contributed by atoms with E-state index < -0.39 is 17.9 Å². The van der Waals surface area contributed by atoms with Gasteiger partial charge in [-0.25, -0.2) is 19.2 Å². The zero-order valence-electron chi connectivity index (χ0n) is 60.1. The van der Waals surface area contributed by atoms with Gasteiger partial charge in [-0.3, -0.25) is 0 Å². The van der Waals surface area contributed by atoms with Gasteiger partial charge in [0.2, 0.25) is 0 Å². The van der Waals surface area contributed by atoms with Crippen LogP contribution in [0.3, 0.4) is 0 Å². The lowest BCUT2D eigenvalue weighted by atomic mass is 10.00. The Hall–Kier alpha value is -14.4. The third kappa shape index (κ3) is 12.3. The van der Waals surface area contributed by atoms with Crippen molar-refractivity contribution >= 4 is 197 Å². The number of aromatic nitrogens is 4. The summed E-state index contributed by atoms with van der Waals surface area (Å²) in [5, 5.41) is 29.0. The van der Waals surface area contributed by atoms with Gasteiger partial charge in [0, 0.05) is 96.0 Å². The lowest BCUT2D eigenvalue weighted by Gasteiger charge is -2.08. The molecular weight excluding hydrogens is 1360 g/mol. The Kier molecular flexibility index (Phi) is 18.5. The van der Waals surface area contributed by atoms with Gasteiger partial charge in [0.05, 0.1) is 35.2 Å². The van der Waals surface area contributed by atoms with Crippen LogP contribution < -0.4 is 4.84 Å². The van der Waals surface area contributed by atoms with Crippen LogP contribution in [0, 0.1) is 0 Å². The average Bonchev–Trinajstić information content (AvgIpc) is 1.69. The van der Waals surface area contributed by atoms with Crippen LogP contribution in [-0.2, 0) is 53.2 Å². The monoisotopic (exact) mass is 1430 g/mol. The van der Waals surface area contributed by atoms with Gasteiger partial charge < -0.3 is 32.7 Å². The van der Waals surface area contributed by atoms with Crippen LogP contribution in [0.5, 0.6) is 0 Å². The van der Waals surface area contributed by atoms with E-state index in [1.807, 2.05) is 36.4 Å². The fourth-order valence-electron chi connectivity index (χ4n) is 16.2. The second-order valence-corrected chi connectivity index (χ2v) is 27.0. The van der Waals surface area contributed by atoms with Gasteiger partial charge in [0.1, 0.15) is 6.61 Å². The minimum Gasteiger partial charge on any atom is -0.462 e. The molecule has 0 aliphatic carbocycles. The average molecular weight is 1430 g/mol. The van der Waals surface area contributed by atoms with Crippen LogP contribution in [0.2, 0.25) is 0 Å². The predicted octanol–water partition coefficient (Wildman–Crippen LogP) is 23.1. The van der Waals surface area contributed by atoms with E-state index in [2.05, 4.69) is 295 Å². The summed E-state index contributed by atoms with van der Waals surface area (Å²) in [4.78, 5) is 52.0. The predicted molar refractivity (Wildman–Crippen MR) is 453 cm³/mol. The second kappa shape index (κ2) is 29.5. The maximum atomic E-state index is 11.9. The first-order valence-corrected chi connectivity index (χ1v) is 36.6. The SMILES string of the molecule is C=CC(=O)OCCCn1c2ccc3ccccc3c2c2c3ccccc3ccc21.C=CC(=O)OCCn1c2ccc3ccccc3c2c2c3ccccc3ccc21.C=CC(=O)OCn1c2ccc3ccccc3c2c2c3ccccc3ccc21.C=CC(=O)On1c2ccc3ccccc3c2c2c3ccccc3ccc21. The molecule has 0 atom stereocenters. The van der Waals surface area contributed by atoms with Crippen molar-refractivity contribution in [3.8, 4) is 0 Å². The molecule has 4 heterocycles. The largest absolute Gasteiger partial charge is 0.462 e. The van der Waals surface area contributed by atoms with E-state index in [-0.39, 0.29) is 12.7 Å². The Balaban J connectivity index is 0.000000107. The topological polar surface area (TPSA) is 125 Å². The number of benzene rings is 16. The number of ether oxygens (including phenoxy) is 3. The van der Waals surface area contributed by atoms with Crippen molar-refractivity contribution in [2.75, 3.05) is 13.2 Å². The molecule has 0 saturated carbocycles. The van der Waals surface area contributed by atoms with E-state index >= 15 is 0 Å². The molecule has 0 N–H and O–H groups in total. The number of hydrogen-bond donors (Lipinski definition) is 0. The minimum absolute atomic E-state index is 0.154. The van der Waals surface area contributed by atoms with Gasteiger partial charge in [0.15, 0.2) is 6.73 Å². The summed E-state index contributed by atoms with van der Waals surface area (Å²) in [7, 11) is 0. The van der Waals surface area contributed by atoms with Gasteiger partial charge in [-0.05, 0) is 141 Å². The lowest BCUT2D eigenvalue weighted by Crippen LogP contribution is -2.16. The van der Waals surface area contributed by atoms with Crippen molar-refractivity contribution in [2.24, 2.45) is 0 Å². The molecule has 20 rings (SSSR count). The smallest absolute Gasteiger partial charge is 0.355 e. The van der Waals surface area contributed by atoms with Gasteiger partial charge in [0.25, 0.3) is 0 Å². The second-order valence-electron chi connectivity index (χ2n) is 27.0. The molecule has 4 aromatic heterocycles. The van der Waals surface area contributed by atoms with Crippen molar-refractivity contribution in [1.29, 1.82) is 0 Å². The van der Waals surface area contributed by atoms with E-state index in [4.69, 9.17) is 19.0 Å². The molecule has 0 fully saturated rings. The molecule has 12 nitrogen and oxygen atoms in total. The highest BCUT2D eigenvalue weighted by Crippen LogP contribution is 2.44. The molecule has 0 saturated heterocycles. The van der Waals surface area contributed by atoms with Crippen molar-refractivity contribution in [1.82, 2.24) is 18.4 Å². The molecule has 0 unspecified atom stereocenters. The lowest BCUT2D eigenvalue weighted by molar-refractivity contribution is -0.141. The van der Waals surface area contributed by atoms with Gasteiger partial charge in [-0.1, -0.05) is 269 Å². The molecule has 0 aliphatic rings. The fraction of sp³-hybridized carbons (Fsp3) is 0.0612. The number of fused-ring (bicyclic) bond motifs is 28. The summed E-state index contributed by atoms with van der Waals surface area (Å²) in [6.45, 7) is 16.1. The van der Waals surface area contributed by atoms with Gasteiger partial charge >= 0.3 is 23.9 Å². The molecule has 532 valence electrons. The highest BCUT2D eigenvalue weighted by molar-refractivity contribution is 6.32. The Morgan fingerprint density at radius 2 is 0.473 bits per heavy atom. The van der Waals surface area contributed by atoms with E-state index in [9.17, 15) is 19.2 Å². The molecule has 110 heavy (non-hydrogen) atoms. The minimum atomic E-state index is -0.481. The first kappa shape index (κ1) is 68.7. The van der Waals surface area contributed by atoms with Gasteiger partial charge in [-0.2, -0.15) is 4.73 Å². The van der Waals surface area contributed by atoms with Crippen LogP contribution in [-0.4, -0.2) is 55.5 Å². The summed E-state index contributed by atoms with van der Waals surface area (Å²) in [6.07, 6.45) is 5.53. The molecule has 0 spiro atoms. The molecule has 0 radical (unpaired) electrons. The zero-order valence-corrected chi connectivity index (χ0v) is 60.1. The van der Waals surface area contributed by atoms with E-state index in [1.54, 1.807) is 4.73 Å². The third-order valence-corrected chi connectivity index (χ3v) is 21.0. The quantitative estimate of drug-likeness (QED) is 0.0456. The van der Waals surface area contributed by atoms with E-state index in [0.29, 0.717) is 19.8 Å². The van der Waals surface area contributed by atoms with Crippen LogP contribution in [0.25, 0.3) is 173 Å². The first-order valence-electron chi connectivity index (χ1n) is 36.6. The van der Waals surface area contributed by atoms with Crippen LogP contribution in [0.4, 0.5) is 0 Å². The van der Waals surface area contributed by atoms with Crippen LogP contribution in [0.1, 0.15) is 6.42 Å². The van der Waals surface area contributed by atoms with E-state index in [0.717, 1.165) is 78.4 Å². The Bertz CT molecular complexity index is 6820. The maximum absolute atomic E-state index is 11.9. The molecule has 0 amide bonds. The summed E-state index contributed by atoms with van der Waals surface area (Å²) in [5.74, 6) is -1.67. The molecular formula is C98H72N4O8. The number of esters is 3. The van der Waals surface area contributed by atoms with Crippen LogP contribution in [0.15, 0.2) is 342 Å². The number of carbonyl (C=O) groups is 4. The normalized spacial score (nSPS) is 11.4. The Labute approximate surface area is 631 Å². The summed E-state index contributed by atoms with van der Waals surface area (Å²) >= 11 is 0. The van der Waals surface area contributed by atoms with Crippen molar-refractivity contribution in [2.45, 2.75) is 26.2 Å². The fourth-order valence-corrected chi connectivity index (χ4v) is 16.2. The Morgan fingerprint density at radius 1 is 0.245 bits per heavy atom. The van der Waals surface area contributed by atoms with Crippen molar-refractivity contribution < 1.29 is 38.2 Å². The summed E-state index contributed by atoms with van der Waals surface area (Å²) < 4.78 is 24.1. The first-order chi connectivity index (χ1) is 54.1. The van der Waals surface area contributed by atoms with Crippen LogP contribution >= 0.6 is 0 Å². The zero-order chi connectivity index (χ0) is 74.9. The number of carbonyl (C=O) groups excluding carboxylic acids is 4. The molecule has 0 bridgehead atoms. The third-order valence-electron chi connectivity index (χ3n) is 21.0. The summed E-state index contributed by atoms with van der Waals surface area (Å²) in [6, 6.07) is 101. The highest BCUT2D eigenvalue weighted by Gasteiger charge is 2.22. The maximum Gasteiger partial charge on any atom is 0.355 e. The van der Waals surface area contributed by atoms with E-state index in [1.165, 1.54) is 132 Å². The van der Waals surface area contributed by atoms with Gasteiger partial charge in [-0.15, -0.1) is 0 Å². The molecule has 16 aromatic carbocycles. The number of rotatable bonds is 14. The molecule has 0 aliphatic heterocycles. The molecule has 20 aromatic rings. The Morgan fingerprint density at radius 3 is 0.755 bits per heavy atom. The number of aryl methyl sites for hydroxylation is 1. The number of hydrogen-bond acceptors (Lipinski definition) is 8.